The lowest BCUT2D eigenvalue weighted by Crippen LogP contribution is -2.29. The summed E-state index contributed by atoms with van der Waals surface area (Å²) in [4.78, 5) is 4.08. The van der Waals surface area contributed by atoms with Crippen molar-refractivity contribution in [3.05, 3.63) is 46.9 Å². The van der Waals surface area contributed by atoms with Gasteiger partial charge in [0.05, 0.1) is 0 Å². The summed E-state index contributed by atoms with van der Waals surface area (Å²) in [6, 6.07) is 5.16. The Kier molecular flexibility index (Phi) is 4.08. The molecule has 1 fully saturated rings. The highest BCUT2D eigenvalue weighted by Gasteiger charge is 2.39. The third-order valence-corrected chi connectivity index (χ3v) is 6.40. The van der Waals surface area contributed by atoms with E-state index in [2.05, 4.69) is 4.98 Å². The van der Waals surface area contributed by atoms with E-state index >= 15 is 0 Å². The molecule has 3 rings (SSSR count). The Morgan fingerprint density at radius 1 is 1.38 bits per heavy atom. The van der Waals surface area contributed by atoms with Crippen LogP contribution in [0.4, 0.5) is 0 Å². The number of thiophene rings is 1. The SMILES string of the molecule is O=S(=O)(c1cccnc1)N1CC(CO)C(c2ccsc2)C1. The Morgan fingerprint density at radius 2 is 2.24 bits per heavy atom. The number of sulfonamides is 1. The highest BCUT2D eigenvalue weighted by atomic mass is 32.2. The van der Waals surface area contributed by atoms with Crippen LogP contribution in [-0.4, -0.2) is 42.5 Å². The number of aliphatic hydroxyl groups excluding tert-OH is 1. The second-order valence-corrected chi connectivity index (χ2v) is 7.83. The molecule has 0 saturated carbocycles. The number of rotatable bonds is 4. The van der Waals surface area contributed by atoms with E-state index in [1.54, 1.807) is 29.7 Å². The monoisotopic (exact) mass is 324 g/mol. The van der Waals surface area contributed by atoms with E-state index in [1.165, 1.54) is 10.5 Å². The zero-order chi connectivity index (χ0) is 14.9. The molecule has 7 heteroatoms. The summed E-state index contributed by atoms with van der Waals surface area (Å²) in [6.07, 6.45) is 2.91. The summed E-state index contributed by atoms with van der Waals surface area (Å²) < 4.78 is 26.7. The van der Waals surface area contributed by atoms with Crippen LogP contribution >= 0.6 is 11.3 Å². The number of pyridine rings is 1. The number of aromatic nitrogens is 1. The third kappa shape index (κ3) is 2.74. The summed E-state index contributed by atoms with van der Waals surface area (Å²) in [5.41, 5.74) is 1.10. The first-order chi connectivity index (χ1) is 10.1. The molecule has 2 aromatic rings. The first kappa shape index (κ1) is 14.6. The van der Waals surface area contributed by atoms with E-state index in [0.717, 1.165) is 5.56 Å². The average molecular weight is 324 g/mol. The van der Waals surface area contributed by atoms with Crippen LogP contribution in [0.25, 0.3) is 0 Å². The molecule has 2 aromatic heterocycles. The number of nitrogens with zero attached hydrogens (tertiary/aromatic N) is 2. The molecule has 0 aromatic carbocycles. The standard InChI is InChI=1S/C14H16N2O3S2/c17-9-12-7-16(8-14(12)11-3-5-20-10-11)21(18,19)13-2-1-4-15-6-13/h1-6,10,12,14,17H,7-9H2. The number of aliphatic hydroxyl groups is 1. The van der Waals surface area contributed by atoms with E-state index in [-0.39, 0.29) is 23.3 Å². The Bertz CT molecular complexity index is 686. The molecule has 0 aliphatic carbocycles. The van der Waals surface area contributed by atoms with Gasteiger partial charge in [-0.25, -0.2) is 8.42 Å². The van der Waals surface area contributed by atoms with E-state index in [9.17, 15) is 13.5 Å². The predicted octanol–water partition coefficient (Wildman–Crippen LogP) is 1.54. The van der Waals surface area contributed by atoms with E-state index < -0.39 is 10.0 Å². The Hall–Kier alpha value is -1.28. The van der Waals surface area contributed by atoms with Gasteiger partial charge in [0.2, 0.25) is 10.0 Å². The Morgan fingerprint density at radius 3 is 2.86 bits per heavy atom. The molecule has 0 spiro atoms. The van der Waals surface area contributed by atoms with Gasteiger partial charge in [-0.2, -0.15) is 15.6 Å². The molecular formula is C14H16N2O3S2. The van der Waals surface area contributed by atoms with Crippen LogP contribution in [0.1, 0.15) is 11.5 Å². The number of hydrogen-bond donors (Lipinski definition) is 1. The van der Waals surface area contributed by atoms with Gasteiger partial charge in [-0.05, 0) is 34.5 Å². The Balaban J connectivity index is 1.88. The van der Waals surface area contributed by atoms with Gasteiger partial charge >= 0.3 is 0 Å². The van der Waals surface area contributed by atoms with Gasteiger partial charge in [0.1, 0.15) is 4.90 Å². The van der Waals surface area contributed by atoms with Gasteiger partial charge in [-0.15, -0.1) is 0 Å². The molecule has 21 heavy (non-hydrogen) atoms. The predicted molar refractivity (Wildman–Crippen MR) is 80.6 cm³/mol. The summed E-state index contributed by atoms with van der Waals surface area (Å²) in [5, 5.41) is 13.6. The van der Waals surface area contributed by atoms with Crippen molar-refractivity contribution in [2.24, 2.45) is 5.92 Å². The fraction of sp³-hybridized carbons (Fsp3) is 0.357. The minimum atomic E-state index is -3.54. The van der Waals surface area contributed by atoms with Crippen molar-refractivity contribution in [2.75, 3.05) is 19.7 Å². The summed E-state index contributed by atoms with van der Waals surface area (Å²) in [7, 11) is -3.54. The lowest BCUT2D eigenvalue weighted by molar-refractivity contribution is 0.223. The maximum atomic E-state index is 12.6. The van der Waals surface area contributed by atoms with E-state index in [4.69, 9.17) is 0 Å². The van der Waals surface area contributed by atoms with Gasteiger partial charge in [-0.3, -0.25) is 4.98 Å². The summed E-state index contributed by atoms with van der Waals surface area (Å²) in [6.45, 7) is 0.729. The fourth-order valence-corrected chi connectivity index (χ4v) is 4.94. The second kappa shape index (κ2) is 5.84. The molecule has 1 aliphatic rings. The molecule has 5 nitrogen and oxygen atoms in total. The maximum Gasteiger partial charge on any atom is 0.244 e. The molecule has 0 amide bonds. The van der Waals surface area contributed by atoms with Crippen molar-refractivity contribution in [1.82, 2.24) is 9.29 Å². The van der Waals surface area contributed by atoms with Crippen molar-refractivity contribution in [1.29, 1.82) is 0 Å². The average Bonchev–Trinajstić information content (AvgIpc) is 3.17. The van der Waals surface area contributed by atoms with Crippen molar-refractivity contribution in [3.8, 4) is 0 Å². The smallest absolute Gasteiger partial charge is 0.244 e. The van der Waals surface area contributed by atoms with E-state index in [1.807, 2.05) is 16.8 Å². The topological polar surface area (TPSA) is 70.5 Å². The van der Waals surface area contributed by atoms with Crippen molar-refractivity contribution < 1.29 is 13.5 Å². The van der Waals surface area contributed by atoms with Gasteiger partial charge < -0.3 is 5.11 Å². The molecule has 1 N–H and O–H groups in total. The van der Waals surface area contributed by atoms with Crippen LogP contribution in [0, 0.1) is 5.92 Å². The lowest BCUT2D eigenvalue weighted by Gasteiger charge is -2.16. The molecule has 2 atom stereocenters. The summed E-state index contributed by atoms with van der Waals surface area (Å²) >= 11 is 1.58. The van der Waals surface area contributed by atoms with E-state index in [0.29, 0.717) is 13.1 Å². The minimum Gasteiger partial charge on any atom is -0.396 e. The highest BCUT2D eigenvalue weighted by Crippen LogP contribution is 2.36. The van der Waals surface area contributed by atoms with Crippen LogP contribution in [0.2, 0.25) is 0 Å². The molecule has 112 valence electrons. The number of hydrogen-bond acceptors (Lipinski definition) is 5. The van der Waals surface area contributed by atoms with Crippen molar-refractivity contribution in [2.45, 2.75) is 10.8 Å². The van der Waals surface area contributed by atoms with Gasteiger partial charge in [0.15, 0.2) is 0 Å². The molecule has 1 saturated heterocycles. The van der Waals surface area contributed by atoms with Crippen LogP contribution in [0.5, 0.6) is 0 Å². The quantitative estimate of drug-likeness (QED) is 0.926. The van der Waals surface area contributed by atoms with Gasteiger partial charge in [0, 0.05) is 43.9 Å². The second-order valence-electron chi connectivity index (χ2n) is 5.12. The van der Waals surface area contributed by atoms with Crippen LogP contribution in [-0.2, 0) is 10.0 Å². The molecule has 0 radical (unpaired) electrons. The normalized spacial score (nSPS) is 23.5. The van der Waals surface area contributed by atoms with Crippen LogP contribution in [0.15, 0.2) is 46.2 Å². The zero-order valence-corrected chi connectivity index (χ0v) is 12.9. The largest absolute Gasteiger partial charge is 0.396 e. The van der Waals surface area contributed by atoms with Gasteiger partial charge in [-0.1, -0.05) is 0 Å². The lowest BCUT2D eigenvalue weighted by atomic mass is 9.92. The van der Waals surface area contributed by atoms with Crippen molar-refractivity contribution in [3.63, 3.8) is 0 Å². The zero-order valence-electron chi connectivity index (χ0n) is 11.3. The molecule has 3 heterocycles. The highest BCUT2D eigenvalue weighted by molar-refractivity contribution is 7.89. The first-order valence-corrected chi connectivity index (χ1v) is 9.04. The minimum absolute atomic E-state index is 0.0143. The Labute approximate surface area is 127 Å². The fourth-order valence-electron chi connectivity index (χ4n) is 2.73. The molecule has 2 unspecified atom stereocenters. The van der Waals surface area contributed by atoms with Crippen molar-refractivity contribution >= 4 is 21.4 Å². The van der Waals surface area contributed by atoms with Crippen LogP contribution in [0.3, 0.4) is 0 Å². The molecule has 0 bridgehead atoms. The first-order valence-electron chi connectivity index (χ1n) is 6.66. The molecular weight excluding hydrogens is 308 g/mol. The maximum absolute atomic E-state index is 12.6. The molecule has 1 aliphatic heterocycles. The van der Waals surface area contributed by atoms with Crippen LogP contribution < -0.4 is 0 Å². The third-order valence-electron chi connectivity index (χ3n) is 3.89. The van der Waals surface area contributed by atoms with Gasteiger partial charge in [0.25, 0.3) is 0 Å². The summed E-state index contributed by atoms with van der Waals surface area (Å²) in [5.74, 6) is -0.0151.